The van der Waals surface area contributed by atoms with Gasteiger partial charge in [-0.25, -0.2) is 9.59 Å². The minimum atomic E-state index is -1.07. The van der Waals surface area contributed by atoms with Gasteiger partial charge in [-0.15, -0.1) is 0 Å². The monoisotopic (exact) mass is 478 g/mol. The molecule has 1 saturated carbocycles. The van der Waals surface area contributed by atoms with Gasteiger partial charge in [0.05, 0.1) is 24.7 Å². The molecule has 0 spiro atoms. The largest absolute Gasteiger partial charge is 0.480 e. The number of fused-ring (bicyclic) bond motifs is 3. The molecule has 3 atom stereocenters. The van der Waals surface area contributed by atoms with Crippen molar-refractivity contribution in [3.8, 4) is 11.1 Å². The Morgan fingerprint density at radius 2 is 1.71 bits per heavy atom. The van der Waals surface area contributed by atoms with E-state index in [9.17, 15) is 19.5 Å². The molecule has 2 aromatic carbocycles. The standard InChI is InChI=1S/C27H30N2O6/c1-16(24(30)31)29(17-11-12-17)25(32)27(2)15-34-14-23(27)28-26(33)35-13-22-20-9-5-3-7-18(20)19-8-4-6-10-21(19)22/h3-10,16-17,22-23H,11-15H2,1-2H3,(H,28,33)(H,30,31). The Morgan fingerprint density at radius 3 is 2.29 bits per heavy atom. The number of hydrogen-bond donors (Lipinski definition) is 2. The van der Waals surface area contributed by atoms with Crippen LogP contribution in [0.2, 0.25) is 0 Å². The van der Waals surface area contributed by atoms with Crippen molar-refractivity contribution in [1.82, 2.24) is 10.2 Å². The van der Waals surface area contributed by atoms with E-state index in [1.54, 1.807) is 6.92 Å². The smallest absolute Gasteiger partial charge is 0.407 e. The molecule has 1 saturated heterocycles. The molecular weight excluding hydrogens is 448 g/mol. The van der Waals surface area contributed by atoms with Gasteiger partial charge >= 0.3 is 12.1 Å². The number of aliphatic carboxylic acids is 1. The van der Waals surface area contributed by atoms with Gasteiger partial charge in [-0.3, -0.25) is 4.79 Å². The van der Waals surface area contributed by atoms with Gasteiger partial charge in [-0.05, 0) is 48.9 Å². The van der Waals surface area contributed by atoms with Crippen molar-refractivity contribution in [2.45, 2.75) is 50.7 Å². The highest BCUT2D eigenvalue weighted by Gasteiger charge is 2.53. The van der Waals surface area contributed by atoms with Crippen LogP contribution in [0.15, 0.2) is 48.5 Å². The number of carboxylic acid groups (broad SMARTS) is 1. The molecule has 2 aromatic rings. The highest BCUT2D eigenvalue weighted by Crippen LogP contribution is 2.44. The number of carbonyl (C=O) groups is 3. The SMILES string of the molecule is CC(C(=O)O)N(C(=O)C1(C)COCC1NC(=O)OCC1c2ccccc2-c2ccccc21)C1CC1. The lowest BCUT2D eigenvalue weighted by Gasteiger charge is -2.36. The average molecular weight is 479 g/mol. The second-order valence-electron chi connectivity index (χ2n) is 9.91. The normalized spacial score (nSPS) is 23.8. The molecule has 0 bridgehead atoms. The Kier molecular flexibility index (Phi) is 6.01. The first-order chi connectivity index (χ1) is 16.8. The van der Waals surface area contributed by atoms with Crippen molar-refractivity contribution in [2.24, 2.45) is 5.41 Å². The molecule has 1 aliphatic heterocycles. The summed E-state index contributed by atoms with van der Waals surface area (Å²) in [4.78, 5) is 39.4. The molecule has 8 heteroatoms. The molecule has 0 radical (unpaired) electrons. The quantitative estimate of drug-likeness (QED) is 0.632. The fourth-order valence-electron chi connectivity index (χ4n) is 5.29. The number of amides is 2. The predicted octanol–water partition coefficient (Wildman–Crippen LogP) is 3.39. The third kappa shape index (κ3) is 4.16. The zero-order chi connectivity index (χ0) is 24.7. The zero-order valence-corrected chi connectivity index (χ0v) is 19.9. The van der Waals surface area contributed by atoms with E-state index >= 15 is 0 Å². The Balaban J connectivity index is 1.27. The van der Waals surface area contributed by atoms with Gasteiger partial charge in [0.25, 0.3) is 0 Å². The van der Waals surface area contributed by atoms with Crippen LogP contribution in [0.5, 0.6) is 0 Å². The first-order valence-corrected chi connectivity index (χ1v) is 12.1. The van der Waals surface area contributed by atoms with E-state index in [1.165, 1.54) is 11.8 Å². The molecule has 1 heterocycles. The van der Waals surface area contributed by atoms with Gasteiger partial charge in [0, 0.05) is 12.0 Å². The highest BCUT2D eigenvalue weighted by atomic mass is 16.5. The second-order valence-corrected chi connectivity index (χ2v) is 9.91. The van der Waals surface area contributed by atoms with Crippen molar-refractivity contribution in [3.05, 3.63) is 59.7 Å². The van der Waals surface area contributed by atoms with Crippen molar-refractivity contribution < 1.29 is 29.0 Å². The minimum Gasteiger partial charge on any atom is -0.480 e. The molecule has 2 fully saturated rings. The number of benzene rings is 2. The van der Waals surface area contributed by atoms with E-state index in [0.717, 1.165) is 35.1 Å². The molecule has 8 nitrogen and oxygen atoms in total. The number of rotatable bonds is 7. The first kappa shape index (κ1) is 23.4. The maximum atomic E-state index is 13.5. The van der Waals surface area contributed by atoms with Gasteiger partial charge in [-0.1, -0.05) is 48.5 Å². The van der Waals surface area contributed by atoms with E-state index in [-0.39, 0.29) is 37.7 Å². The summed E-state index contributed by atoms with van der Waals surface area (Å²) in [6.07, 6.45) is 0.945. The summed E-state index contributed by atoms with van der Waals surface area (Å²) in [5, 5.41) is 12.3. The fourth-order valence-corrected chi connectivity index (χ4v) is 5.29. The van der Waals surface area contributed by atoms with Crippen LogP contribution in [-0.2, 0) is 19.1 Å². The summed E-state index contributed by atoms with van der Waals surface area (Å²) in [7, 11) is 0. The molecule has 3 unspecified atom stereocenters. The lowest BCUT2D eigenvalue weighted by molar-refractivity contribution is -0.155. The van der Waals surface area contributed by atoms with Gasteiger partial charge in [0.15, 0.2) is 0 Å². The number of nitrogens with one attached hydrogen (secondary N) is 1. The zero-order valence-electron chi connectivity index (χ0n) is 19.9. The average Bonchev–Trinajstić information content (AvgIpc) is 3.54. The van der Waals surface area contributed by atoms with Crippen molar-refractivity contribution in [1.29, 1.82) is 0 Å². The Morgan fingerprint density at radius 1 is 1.11 bits per heavy atom. The summed E-state index contributed by atoms with van der Waals surface area (Å²) in [6, 6.07) is 14.6. The molecule has 2 N–H and O–H groups in total. The number of alkyl carbamates (subject to hydrolysis) is 1. The summed E-state index contributed by atoms with van der Waals surface area (Å²) in [6.45, 7) is 3.68. The molecule has 3 aliphatic rings. The van der Waals surface area contributed by atoms with Crippen LogP contribution in [0.25, 0.3) is 11.1 Å². The van der Waals surface area contributed by atoms with Crippen LogP contribution in [-0.4, -0.2) is 65.9 Å². The summed E-state index contributed by atoms with van der Waals surface area (Å²) < 4.78 is 11.2. The van der Waals surface area contributed by atoms with Crippen LogP contribution < -0.4 is 5.32 Å². The maximum absolute atomic E-state index is 13.5. The third-order valence-corrected chi connectivity index (χ3v) is 7.53. The summed E-state index contributed by atoms with van der Waals surface area (Å²) >= 11 is 0. The van der Waals surface area contributed by atoms with Gasteiger partial charge in [-0.2, -0.15) is 0 Å². The van der Waals surface area contributed by atoms with E-state index < -0.39 is 29.6 Å². The molecule has 2 aliphatic carbocycles. The Bertz CT molecular complexity index is 1120. The summed E-state index contributed by atoms with van der Waals surface area (Å²) in [5.74, 6) is -1.42. The van der Waals surface area contributed by atoms with Crippen LogP contribution in [0.1, 0.15) is 43.7 Å². The minimum absolute atomic E-state index is 0.0669. The predicted molar refractivity (Wildman–Crippen MR) is 128 cm³/mol. The van der Waals surface area contributed by atoms with Crippen molar-refractivity contribution in [3.63, 3.8) is 0 Å². The number of carboxylic acids is 1. The van der Waals surface area contributed by atoms with Gasteiger partial charge in [0.2, 0.25) is 5.91 Å². The molecular formula is C27H30N2O6. The number of ether oxygens (including phenoxy) is 2. The van der Waals surface area contributed by atoms with E-state index in [4.69, 9.17) is 9.47 Å². The number of hydrogen-bond acceptors (Lipinski definition) is 5. The molecule has 5 rings (SSSR count). The highest BCUT2D eigenvalue weighted by molar-refractivity contribution is 5.89. The topological polar surface area (TPSA) is 105 Å². The van der Waals surface area contributed by atoms with E-state index in [1.807, 2.05) is 24.3 Å². The van der Waals surface area contributed by atoms with Crippen LogP contribution in [0.4, 0.5) is 4.79 Å². The van der Waals surface area contributed by atoms with Gasteiger partial charge < -0.3 is 24.8 Å². The lowest BCUT2D eigenvalue weighted by Crippen LogP contribution is -2.58. The van der Waals surface area contributed by atoms with Crippen LogP contribution in [0, 0.1) is 5.41 Å². The number of carbonyl (C=O) groups excluding carboxylic acids is 2. The maximum Gasteiger partial charge on any atom is 0.407 e. The Hall–Kier alpha value is -3.39. The van der Waals surface area contributed by atoms with Crippen molar-refractivity contribution in [2.75, 3.05) is 19.8 Å². The molecule has 35 heavy (non-hydrogen) atoms. The second kappa shape index (κ2) is 9.00. The number of nitrogens with zero attached hydrogens (tertiary/aromatic N) is 1. The first-order valence-electron chi connectivity index (χ1n) is 12.1. The van der Waals surface area contributed by atoms with E-state index in [2.05, 4.69) is 29.6 Å². The lowest BCUT2D eigenvalue weighted by atomic mass is 9.83. The fraction of sp³-hybridized carbons (Fsp3) is 0.444. The third-order valence-electron chi connectivity index (χ3n) is 7.53. The van der Waals surface area contributed by atoms with Crippen LogP contribution in [0.3, 0.4) is 0 Å². The molecule has 0 aromatic heterocycles. The van der Waals surface area contributed by atoms with Crippen molar-refractivity contribution >= 4 is 18.0 Å². The molecule has 2 amide bonds. The van der Waals surface area contributed by atoms with Gasteiger partial charge in [0.1, 0.15) is 12.6 Å². The Labute approximate surface area is 204 Å². The molecule has 184 valence electrons. The van der Waals surface area contributed by atoms with E-state index in [0.29, 0.717) is 0 Å². The summed E-state index contributed by atoms with van der Waals surface area (Å²) in [5.41, 5.74) is 3.46. The van der Waals surface area contributed by atoms with Crippen LogP contribution >= 0.6 is 0 Å².